The van der Waals surface area contributed by atoms with Crippen molar-refractivity contribution in [2.24, 2.45) is 7.05 Å². The van der Waals surface area contributed by atoms with Gasteiger partial charge in [0.15, 0.2) is 0 Å². The summed E-state index contributed by atoms with van der Waals surface area (Å²) in [6.45, 7) is 1.63. The van der Waals surface area contributed by atoms with Gasteiger partial charge in [-0.2, -0.15) is 0 Å². The molecule has 2 heterocycles. The van der Waals surface area contributed by atoms with E-state index in [9.17, 15) is 18.4 Å². The maximum absolute atomic E-state index is 13.9. The lowest BCUT2D eigenvalue weighted by molar-refractivity contribution is -0.137. The third kappa shape index (κ3) is 6.74. The van der Waals surface area contributed by atoms with E-state index in [0.717, 1.165) is 5.56 Å². The second-order valence-corrected chi connectivity index (χ2v) is 9.21. The van der Waals surface area contributed by atoms with Crippen molar-refractivity contribution in [3.8, 4) is 0 Å². The van der Waals surface area contributed by atoms with Gasteiger partial charge in [0.1, 0.15) is 11.6 Å². The molecule has 2 N–H and O–H groups in total. The lowest BCUT2D eigenvalue weighted by atomic mass is 10.0. The molecule has 1 aliphatic heterocycles. The van der Waals surface area contributed by atoms with E-state index in [1.54, 1.807) is 29.1 Å². The Hall–Kier alpha value is -3.80. The van der Waals surface area contributed by atoms with Crippen LogP contribution < -0.4 is 10.9 Å². The molecule has 200 valence electrons. The zero-order valence-electron chi connectivity index (χ0n) is 20.8. The van der Waals surface area contributed by atoms with E-state index in [1.807, 2.05) is 13.2 Å². The topological polar surface area (TPSA) is 91.7 Å². The molecule has 0 unspecified atom stereocenters. The first-order valence-electron chi connectivity index (χ1n) is 11.8. The van der Waals surface area contributed by atoms with Crippen molar-refractivity contribution >= 4 is 29.6 Å². The Bertz CT molecular complexity index is 1350. The number of amides is 3. The second kappa shape index (κ2) is 12.2. The minimum absolute atomic E-state index is 0.0350. The predicted octanol–water partition coefficient (Wildman–Crippen LogP) is 3.94. The quantitative estimate of drug-likeness (QED) is 0.398. The van der Waals surface area contributed by atoms with Crippen molar-refractivity contribution in [1.29, 1.82) is 0 Å². The van der Waals surface area contributed by atoms with Crippen LogP contribution in [0, 0.1) is 11.6 Å². The predicted molar refractivity (Wildman–Crippen MR) is 137 cm³/mol. The molecule has 1 aliphatic rings. The normalized spacial score (nSPS) is 13.2. The number of nitrogens with zero attached hydrogens (tertiary/aromatic N) is 4. The number of nitrogens with one attached hydrogen (secondary N) is 2. The highest BCUT2D eigenvalue weighted by Gasteiger charge is 2.25. The van der Waals surface area contributed by atoms with E-state index in [-0.39, 0.29) is 36.4 Å². The number of rotatable bonds is 9. The molecule has 0 spiro atoms. The third-order valence-electron chi connectivity index (χ3n) is 5.96. The Morgan fingerprint density at radius 2 is 2.08 bits per heavy atom. The van der Waals surface area contributed by atoms with Crippen LogP contribution in [0.25, 0.3) is 6.08 Å². The minimum Gasteiger partial charge on any atom is -0.340 e. The van der Waals surface area contributed by atoms with Gasteiger partial charge in [-0.05, 0) is 41.0 Å². The van der Waals surface area contributed by atoms with Gasteiger partial charge < -0.3 is 4.57 Å². The van der Waals surface area contributed by atoms with E-state index in [1.165, 1.54) is 47.3 Å². The Balaban J connectivity index is 1.41. The lowest BCUT2D eigenvalue weighted by Gasteiger charge is -2.31. The number of halogens is 3. The van der Waals surface area contributed by atoms with E-state index >= 15 is 0 Å². The molecule has 0 saturated carbocycles. The summed E-state index contributed by atoms with van der Waals surface area (Å²) in [5, 5.41) is 1.32. The van der Waals surface area contributed by atoms with Gasteiger partial charge >= 0.3 is 6.03 Å². The van der Waals surface area contributed by atoms with E-state index in [2.05, 4.69) is 15.9 Å². The third-order valence-corrected chi connectivity index (χ3v) is 6.38. The van der Waals surface area contributed by atoms with Gasteiger partial charge in [-0.3, -0.25) is 19.5 Å². The van der Waals surface area contributed by atoms with Crippen LogP contribution in [0.3, 0.4) is 0 Å². The zero-order valence-corrected chi connectivity index (χ0v) is 21.6. The highest BCUT2D eigenvalue weighted by atomic mass is 35.5. The van der Waals surface area contributed by atoms with Gasteiger partial charge in [-0.25, -0.2) is 29.5 Å². The highest BCUT2D eigenvalue weighted by Crippen LogP contribution is 2.21. The van der Waals surface area contributed by atoms with Gasteiger partial charge in [0.25, 0.3) is 0 Å². The van der Waals surface area contributed by atoms with Crippen molar-refractivity contribution in [2.75, 3.05) is 6.61 Å². The Morgan fingerprint density at radius 1 is 1.26 bits per heavy atom. The number of fused-ring (bicyclic) bond motifs is 1. The van der Waals surface area contributed by atoms with Crippen molar-refractivity contribution in [3.63, 3.8) is 0 Å². The number of carbonyl (C=O) groups is 2. The average molecular weight is 545 g/mol. The molecule has 2 aromatic carbocycles. The fraction of sp³-hybridized carbons (Fsp3) is 0.269. The van der Waals surface area contributed by atoms with Gasteiger partial charge in [0.05, 0.1) is 36.2 Å². The molecule has 3 aromatic rings. The Kier molecular flexibility index (Phi) is 8.72. The van der Waals surface area contributed by atoms with Crippen LogP contribution in [0.2, 0.25) is 5.02 Å². The molecule has 1 atom stereocenters. The molecule has 0 radical (unpaired) electrons. The van der Waals surface area contributed by atoms with Crippen molar-refractivity contribution in [1.82, 2.24) is 30.4 Å². The summed E-state index contributed by atoms with van der Waals surface area (Å²) in [5.74, 6) is -1.23. The number of hydrazine groups is 1. The maximum Gasteiger partial charge on any atom is 0.345 e. The lowest BCUT2D eigenvalue weighted by Crippen LogP contribution is -2.52. The summed E-state index contributed by atoms with van der Waals surface area (Å²) in [6, 6.07) is 7.69. The molecule has 1 aromatic heterocycles. The number of benzene rings is 2. The summed E-state index contributed by atoms with van der Waals surface area (Å²) in [4.78, 5) is 36.5. The SMILES string of the molecule is CC(=O)N(NCc1cccc(F)c1Cl)[C@H](CONC(=O)N1C=Cc2cc(F)ccc2C1)Cc1cn(C)cn1. The Labute approximate surface area is 223 Å². The molecular weight excluding hydrogens is 518 g/mol. The molecule has 0 aliphatic carbocycles. The van der Waals surface area contributed by atoms with Gasteiger partial charge in [-0.1, -0.05) is 29.8 Å². The first kappa shape index (κ1) is 27.2. The molecule has 12 heteroatoms. The van der Waals surface area contributed by atoms with Crippen LogP contribution in [0.4, 0.5) is 13.6 Å². The summed E-state index contributed by atoms with van der Waals surface area (Å²) < 4.78 is 29.1. The number of hydrogen-bond acceptors (Lipinski definition) is 5. The molecular formula is C26H27ClF2N6O3. The monoisotopic (exact) mass is 544 g/mol. The second-order valence-electron chi connectivity index (χ2n) is 8.83. The summed E-state index contributed by atoms with van der Waals surface area (Å²) in [6.07, 6.45) is 6.94. The number of aromatic nitrogens is 2. The smallest absolute Gasteiger partial charge is 0.340 e. The Morgan fingerprint density at radius 3 is 2.82 bits per heavy atom. The largest absolute Gasteiger partial charge is 0.345 e. The molecule has 3 amide bonds. The fourth-order valence-electron chi connectivity index (χ4n) is 4.06. The number of urea groups is 1. The molecule has 38 heavy (non-hydrogen) atoms. The fourth-order valence-corrected chi connectivity index (χ4v) is 4.25. The summed E-state index contributed by atoms with van der Waals surface area (Å²) in [7, 11) is 1.83. The molecule has 9 nitrogen and oxygen atoms in total. The molecule has 0 bridgehead atoms. The average Bonchev–Trinajstić information content (AvgIpc) is 3.30. The number of aryl methyl sites for hydroxylation is 1. The van der Waals surface area contributed by atoms with Gasteiger partial charge in [-0.15, -0.1) is 0 Å². The van der Waals surface area contributed by atoms with Gasteiger partial charge in [0.2, 0.25) is 5.91 Å². The summed E-state index contributed by atoms with van der Waals surface area (Å²) >= 11 is 6.07. The molecule has 0 fully saturated rings. The molecule has 4 rings (SSSR count). The summed E-state index contributed by atoms with van der Waals surface area (Å²) in [5.41, 5.74) is 8.07. The molecule has 0 saturated heterocycles. The minimum atomic E-state index is -0.587. The highest BCUT2D eigenvalue weighted by molar-refractivity contribution is 6.31. The number of hydrogen-bond donors (Lipinski definition) is 2. The van der Waals surface area contributed by atoms with E-state index in [0.29, 0.717) is 23.2 Å². The van der Waals surface area contributed by atoms with E-state index < -0.39 is 17.9 Å². The standard InChI is InChI=1S/C26H27ClF2N6O3/c1-17(36)35(31-12-19-4-3-5-24(29)25(19)27)23(11-22-14-33(2)16-30-22)15-38-32-26(37)34-9-8-18-10-21(28)7-6-20(18)13-34/h3-10,14,16,23,31H,11-13,15H2,1-2H3,(H,32,37)/t23-/m0/s1. The maximum atomic E-state index is 13.9. The van der Waals surface area contributed by atoms with Crippen molar-refractivity contribution < 1.29 is 23.2 Å². The van der Waals surface area contributed by atoms with Gasteiger partial charge in [0, 0.05) is 39.3 Å². The van der Waals surface area contributed by atoms with Crippen LogP contribution in [-0.4, -0.2) is 44.0 Å². The first-order valence-corrected chi connectivity index (χ1v) is 12.2. The van der Waals surface area contributed by atoms with Crippen molar-refractivity contribution in [2.45, 2.75) is 32.5 Å². The van der Waals surface area contributed by atoms with Crippen LogP contribution in [0.1, 0.15) is 29.3 Å². The first-order chi connectivity index (χ1) is 18.2. The number of imidazole rings is 1. The van der Waals surface area contributed by atoms with Crippen molar-refractivity contribution in [3.05, 3.63) is 94.2 Å². The van der Waals surface area contributed by atoms with Crippen LogP contribution in [0.15, 0.2) is 55.1 Å². The van der Waals surface area contributed by atoms with Crippen LogP contribution in [0.5, 0.6) is 0 Å². The van der Waals surface area contributed by atoms with Crippen LogP contribution in [-0.2, 0) is 36.2 Å². The van der Waals surface area contributed by atoms with Crippen LogP contribution >= 0.6 is 11.6 Å². The van der Waals surface area contributed by atoms with E-state index in [4.69, 9.17) is 16.4 Å². The number of hydroxylamine groups is 1. The zero-order chi connectivity index (χ0) is 27.2. The number of carbonyl (C=O) groups excluding carboxylic acids is 2.